The van der Waals surface area contributed by atoms with E-state index in [4.69, 9.17) is 5.26 Å². The number of anilines is 1. The van der Waals surface area contributed by atoms with E-state index in [2.05, 4.69) is 29.8 Å². The van der Waals surface area contributed by atoms with Gasteiger partial charge in [0.05, 0.1) is 5.56 Å². The normalized spacial score (nSPS) is 20.4. The van der Waals surface area contributed by atoms with Crippen molar-refractivity contribution in [2.24, 2.45) is 5.92 Å². The lowest BCUT2D eigenvalue weighted by Gasteiger charge is -2.35. The zero-order valence-electron chi connectivity index (χ0n) is 10.3. The summed E-state index contributed by atoms with van der Waals surface area (Å²) in [6.07, 6.45) is 1.77. The van der Waals surface area contributed by atoms with Gasteiger partial charge in [-0.1, -0.05) is 13.8 Å². The van der Waals surface area contributed by atoms with Gasteiger partial charge in [0.2, 0.25) is 0 Å². The van der Waals surface area contributed by atoms with Crippen molar-refractivity contribution in [1.82, 2.24) is 4.98 Å². The molecule has 1 aliphatic rings. The maximum absolute atomic E-state index is 9.10. The molecule has 0 saturated carbocycles. The number of nitriles is 1. The van der Waals surface area contributed by atoms with Crippen LogP contribution in [0.4, 0.5) is 5.82 Å². The minimum Gasteiger partial charge on any atom is -0.354 e. The molecule has 0 N–H and O–H groups in total. The number of pyridine rings is 1. The summed E-state index contributed by atoms with van der Waals surface area (Å²) in [6.45, 7) is 6.49. The van der Waals surface area contributed by atoms with Gasteiger partial charge in [-0.2, -0.15) is 17.0 Å². The highest BCUT2D eigenvalue weighted by molar-refractivity contribution is 8.00. The van der Waals surface area contributed by atoms with Gasteiger partial charge in [-0.3, -0.25) is 0 Å². The lowest BCUT2D eigenvalue weighted by atomic mass is 10.1. The fourth-order valence-electron chi connectivity index (χ4n) is 2.01. The van der Waals surface area contributed by atoms with Gasteiger partial charge in [0.25, 0.3) is 0 Å². The van der Waals surface area contributed by atoms with E-state index in [0.717, 1.165) is 24.7 Å². The van der Waals surface area contributed by atoms with Gasteiger partial charge in [0.15, 0.2) is 0 Å². The van der Waals surface area contributed by atoms with Crippen molar-refractivity contribution >= 4 is 17.6 Å². The van der Waals surface area contributed by atoms with Crippen LogP contribution in [-0.4, -0.2) is 29.1 Å². The first-order valence-corrected chi connectivity index (χ1v) is 6.99. The van der Waals surface area contributed by atoms with Gasteiger partial charge in [-0.15, -0.1) is 0 Å². The van der Waals surface area contributed by atoms with Crippen molar-refractivity contribution < 1.29 is 0 Å². The molecule has 2 heterocycles. The molecule has 1 unspecified atom stereocenters. The maximum Gasteiger partial charge on any atom is 0.146 e. The van der Waals surface area contributed by atoms with Crippen LogP contribution >= 0.6 is 11.8 Å². The Morgan fingerprint density at radius 1 is 1.59 bits per heavy atom. The zero-order chi connectivity index (χ0) is 12.3. The minimum atomic E-state index is 0.636. The summed E-state index contributed by atoms with van der Waals surface area (Å²) in [5.74, 6) is 2.63. The number of nitrogens with zero attached hydrogens (tertiary/aromatic N) is 3. The van der Waals surface area contributed by atoms with Crippen LogP contribution in [0.1, 0.15) is 19.4 Å². The van der Waals surface area contributed by atoms with Crippen LogP contribution in [0.3, 0.4) is 0 Å². The predicted octanol–water partition coefficient (Wildman–Crippen LogP) is 2.53. The Balaban J connectivity index is 2.19. The summed E-state index contributed by atoms with van der Waals surface area (Å²) in [5, 5.41) is 9.74. The number of thioether (sulfide) groups is 1. The number of hydrogen-bond donors (Lipinski definition) is 0. The molecule has 1 aromatic heterocycles. The van der Waals surface area contributed by atoms with Crippen molar-refractivity contribution in [3.05, 3.63) is 23.9 Å². The Labute approximate surface area is 107 Å². The number of hydrogen-bond acceptors (Lipinski definition) is 4. The van der Waals surface area contributed by atoms with Gasteiger partial charge >= 0.3 is 0 Å². The Bertz CT molecular complexity index is 425. The number of rotatable bonds is 2. The summed E-state index contributed by atoms with van der Waals surface area (Å²) < 4.78 is 0. The molecule has 0 aliphatic carbocycles. The molecule has 3 nitrogen and oxygen atoms in total. The quantitative estimate of drug-likeness (QED) is 0.805. The third-order valence-electron chi connectivity index (χ3n) is 3.04. The highest BCUT2D eigenvalue weighted by atomic mass is 32.2. The summed E-state index contributed by atoms with van der Waals surface area (Å²) in [4.78, 5) is 6.61. The Morgan fingerprint density at radius 2 is 2.41 bits per heavy atom. The second-order valence-corrected chi connectivity index (χ2v) is 5.93. The molecule has 0 amide bonds. The first-order valence-electron chi connectivity index (χ1n) is 5.94. The SMILES string of the molecule is CC(C)C1CN(c2ncccc2C#N)CCS1. The van der Waals surface area contributed by atoms with Crippen molar-refractivity contribution in [2.75, 3.05) is 23.7 Å². The Kier molecular flexibility index (Phi) is 3.90. The van der Waals surface area contributed by atoms with Gasteiger partial charge in [-0.25, -0.2) is 4.98 Å². The average molecular weight is 247 g/mol. The molecule has 1 atom stereocenters. The fraction of sp³-hybridized carbons (Fsp3) is 0.538. The summed E-state index contributed by atoms with van der Waals surface area (Å²) in [7, 11) is 0. The number of aromatic nitrogens is 1. The molecule has 4 heteroatoms. The van der Waals surface area contributed by atoms with E-state index in [-0.39, 0.29) is 0 Å². The summed E-state index contributed by atoms with van der Waals surface area (Å²) in [6, 6.07) is 5.89. The van der Waals surface area contributed by atoms with Gasteiger partial charge in [0, 0.05) is 30.3 Å². The molecule has 90 valence electrons. The van der Waals surface area contributed by atoms with E-state index >= 15 is 0 Å². The predicted molar refractivity (Wildman–Crippen MR) is 72.2 cm³/mol. The monoisotopic (exact) mass is 247 g/mol. The molecule has 0 bridgehead atoms. The van der Waals surface area contributed by atoms with Crippen molar-refractivity contribution in [3.8, 4) is 6.07 Å². The molecule has 17 heavy (non-hydrogen) atoms. The molecule has 0 aromatic carbocycles. The van der Waals surface area contributed by atoms with E-state index < -0.39 is 0 Å². The van der Waals surface area contributed by atoms with Crippen LogP contribution in [0.15, 0.2) is 18.3 Å². The third kappa shape index (κ3) is 2.73. The van der Waals surface area contributed by atoms with Crippen LogP contribution in [0.5, 0.6) is 0 Å². The maximum atomic E-state index is 9.10. The Morgan fingerprint density at radius 3 is 3.12 bits per heavy atom. The van der Waals surface area contributed by atoms with E-state index in [0.29, 0.717) is 16.7 Å². The molecule has 0 spiro atoms. The molecule has 1 fully saturated rings. The van der Waals surface area contributed by atoms with E-state index in [9.17, 15) is 0 Å². The van der Waals surface area contributed by atoms with Crippen LogP contribution in [0, 0.1) is 17.2 Å². The van der Waals surface area contributed by atoms with Crippen LogP contribution in [-0.2, 0) is 0 Å². The summed E-state index contributed by atoms with van der Waals surface area (Å²) >= 11 is 2.03. The minimum absolute atomic E-state index is 0.636. The van der Waals surface area contributed by atoms with Crippen molar-refractivity contribution in [2.45, 2.75) is 19.1 Å². The second-order valence-electron chi connectivity index (χ2n) is 4.59. The van der Waals surface area contributed by atoms with E-state index in [1.807, 2.05) is 23.9 Å². The average Bonchev–Trinajstić information content (AvgIpc) is 2.39. The highest BCUT2D eigenvalue weighted by Crippen LogP contribution is 2.28. The largest absolute Gasteiger partial charge is 0.354 e. The fourth-order valence-corrected chi connectivity index (χ4v) is 3.31. The molecule has 1 aromatic rings. The topological polar surface area (TPSA) is 39.9 Å². The molecule has 1 aliphatic heterocycles. The van der Waals surface area contributed by atoms with Gasteiger partial charge < -0.3 is 4.90 Å². The molecular weight excluding hydrogens is 230 g/mol. The van der Waals surface area contributed by atoms with Crippen LogP contribution in [0.25, 0.3) is 0 Å². The van der Waals surface area contributed by atoms with Gasteiger partial charge in [0.1, 0.15) is 11.9 Å². The van der Waals surface area contributed by atoms with Crippen molar-refractivity contribution in [3.63, 3.8) is 0 Å². The first-order chi connectivity index (χ1) is 8.22. The molecule has 1 saturated heterocycles. The zero-order valence-corrected chi connectivity index (χ0v) is 11.1. The first kappa shape index (κ1) is 12.3. The summed E-state index contributed by atoms with van der Waals surface area (Å²) in [5.41, 5.74) is 0.682. The lowest BCUT2D eigenvalue weighted by molar-refractivity contribution is 0.580. The van der Waals surface area contributed by atoms with E-state index in [1.165, 1.54) is 0 Å². The molecule has 0 radical (unpaired) electrons. The van der Waals surface area contributed by atoms with E-state index in [1.54, 1.807) is 6.20 Å². The van der Waals surface area contributed by atoms with Crippen LogP contribution < -0.4 is 4.90 Å². The lowest BCUT2D eigenvalue weighted by Crippen LogP contribution is -2.40. The second kappa shape index (κ2) is 5.42. The van der Waals surface area contributed by atoms with Crippen LogP contribution in [0.2, 0.25) is 0 Å². The van der Waals surface area contributed by atoms with Crippen molar-refractivity contribution in [1.29, 1.82) is 5.26 Å². The standard InChI is InChI=1S/C13H17N3S/c1-10(2)12-9-16(6-7-17-12)13-11(8-14)4-3-5-15-13/h3-5,10,12H,6-7,9H2,1-2H3. The Hall–Kier alpha value is -1.21. The highest BCUT2D eigenvalue weighted by Gasteiger charge is 2.24. The van der Waals surface area contributed by atoms with Gasteiger partial charge in [-0.05, 0) is 18.1 Å². The molecule has 2 rings (SSSR count). The molecular formula is C13H17N3S. The third-order valence-corrected chi connectivity index (χ3v) is 4.58. The smallest absolute Gasteiger partial charge is 0.146 e.